The van der Waals surface area contributed by atoms with E-state index < -0.39 is 0 Å². The number of hydrogen-bond acceptors (Lipinski definition) is 2. The second-order valence-corrected chi connectivity index (χ2v) is 3.72. The van der Waals surface area contributed by atoms with Crippen LogP contribution in [0.25, 0.3) is 0 Å². The molecular weight excluding hydrogens is 160 g/mol. The topological polar surface area (TPSA) is 36.7 Å². The minimum atomic E-state index is -0.259. The van der Waals surface area contributed by atoms with E-state index >= 15 is 0 Å². The van der Waals surface area contributed by atoms with E-state index in [1.807, 2.05) is 19.1 Å². The maximum Gasteiger partial charge on any atom is 0.0995 e. The van der Waals surface area contributed by atoms with E-state index in [1.165, 1.54) is 0 Å². The smallest absolute Gasteiger partial charge is 0.0995 e. The molecule has 0 amide bonds. The standard InChI is InChI=1S/C11H12N2/c1-9-4-2-7-13-10(9)11(8-12)5-3-6-11/h2,4,7H,3,5-6H2,1H3. The Balaban J connectivity index is 2.46. The van der Waals surface area contributed by atoms with Crippen LogP contribution >= 0.6 is 0 Å². The van der Waals surface area contributed by atoms with Gasteiger partial charge in [-0.3, -0.25) is 4.98 Å². The number of aryl methyl sites for hydroxylation is 1. The summed E-state index contributed by atoms with van der Waals surface area (Å²) in [7, 11) is 0. The maximum absolute atomic E-state index is 9.12. The average molecular weight is 172 g/mol. The van der Waals surface area contributed by atoms with Crippen molar-refractivity contribution < 1.29 is 0 Å². The molecule has 1 aliphatic rings. The monoisotopic (exact) mass is 172 g/mol. The van der Waals surface area contributed by atoms with Crippen molar-refractivity contribution in [1.29, 1.82) is 5.26 Å². The Morgan fingerprint density at radius 3 is 2.77 bits per heavy atom. The van der Waals surface area contributed by atoms with Crippen molar-refractivity contribution in [3.05, 3.63) is 29.6 Å². The molecule has 2 heteroatoms. The minimum Gasteiger partial charge on any atom is -0.259 e. The Morgan fingerprint density at radius 1 is 1.54 bits per heavy atom. The van der Waals surface area contributed by atoms with Crippen LogP contribution in [0.2, 0.25) is 0 Å². The number of rotatable bonds is 1. The molecule has 0 atom stereocenters. The lowest BCUT2D eigenvalue weighted by molar-refractivity contribution is 0.314. The van der Waals surface area contributed by atoms with E-state index in [9.17, 15) is 0 Å². The van der Waals surface area contributed by atoms with Gasteiger partial charge in [-0.1, -0.05) is 6.07 Å². The molecule has 0 saturated heterocycles. The predicted molar refractivity (Wildman–Crippen MR) is 50.1 cm³/mol. The van der Waals surface area contributed by atoms with Gasteiger partial charge in [0, 0.05) is 6.20 Å². The molecule has 1 aliphatic carbocycles. The number of hydrogen-bond donors (Lipinski definition) is 0. The van der Waals surface area contributed by atoms with E-state index in [4.69, 9.17) is 5.26 Å². The van der Waals surface area contributed by atoms with Crippen molar-refractivity contribution in [1.82, 2.24) is 4.98 Å². The third kappa shape index (κ3) is 1.12. The summed E-state index contributed by atoms with van der Waals surface area (Å²) in [5.74, 6) is 0. The highest BCUT2D eigenvalue weighted by Crippen LogP contribution is 2.43. The molecule has 1 saturated carbocycles. The second kappa shape index (κ2) is 2.85. The van der Waals surface area contributed by atoms with Gasteiger partial charge in [-0.15, -0.1) is 0 Å². The second-order valence-electron chi connectivity index (χ2n) is 3.72. The Morgan fingerprint density at radius 2 is 2.31 bits per heavy atom. The van der Waals surface area contributed by atoms with Gasteiger partial charge in [0.1, 0.15) is 0 Å². The van der Waals surface area contributed by atoms with Gasteiger partial charge in [-0.2, -0.15) is 5.26 Å². The van der Waals surface area contributed by atoms with Gasteiger partial charge in [0.15, 0.2) is 0 Å². The number of aromatic nitrogens is 1. The summed E-state index contributed by atoms with van der Waals surface area (Å²) < 4.78 is 0. The highest BCUT2D eigenvalue weighted by Gasteiger charge is 2.41. The number of nitriles is 1. The Hall–Kier alpha value is -1.36. The van der Waals surface area contributed by atoms with E-state index in [0.717, 1.165) is 30.5 Å². The van der Waals surface area contributed by atoms with E-state index in [1.54, 1.807) is 6.20 Å². The van der Waals surface area contributed by atoms with Crippen LogP contribution in [-0.2, 0) is 5.41 Å². The van der Waals surface area contributed by atoms with Gasteiger partial charge in [-0.25, -0.2) is 0 Å². The highest BCUT2D eigenvalue weighted by atomic mass is 14.7. The van der Waals surface area contributed by atoms with Crippen molar-refractivity contribution in [2.75, 3.05) is 0 Å². The average Bonchev–Trinajstić information content (AvgIpc) is 2.07. The summed E-state index contributed by atoms with van der Waals surface area (Å²) in [5, 5.41) is 9.12. The summed E-state index contributed by atoms with van der Waals surface area (Å²) in [5.41, 5.74) is 1.87. The molecule has 13 heavy (non-hydrogen) atoms. The summed E-state index contributed by atoms with van der Waals surface area (Å²) in [4.78, 5) is 4.32. The van der Waals surface area contributed by atoms with Gasteiger partial charge in [0.2, 0.25) is 0 Å². The molecule has 0 aromatic carbocycles. The van der Waals surface area contributed by atoms with Crippen molar-refractivity contribution in [2.24, 2.45) is 0 Å². The fourth-order valence-corrected chi connectivity index (χ4v) is 1.92. The van der Waals surface area contributed by atoms with E-state index in [0.29, 0.717) is 0 Å². The summed E-state index contributed by atoms with van der Waals surface area (Å²) in [6.07, 6.45) is 4.88. The SMILES string of the molecule is Cc1cccnc1C1(C#N)CCC1. The van der Waals surface area contributed by atoms with Gasteiger partial charge >= 0.3 is 0 Å². The Bertz CT molecular complexity index is 359. The van der Waals surface area contributed by atoms with Crippen LogP contribution in [0.15, 0.2) is 18.3 Å². The molecule has 0 aliphatic heterocycles. The lowest BCUT2D eigenvalue weighted by Crippen LogP contribution is -2.34. The van der Waals surface area contributed by atoms with E-state index in [-0.39, 0.29) is 5.41 Å². The van der Waals surface area contributed by atoms with Crippen LogP contribution in [-0.4, -0.2) is 4.98 Å². The third-order valence-electron chi connectivity index (χ3n) is 2.88. The van der Waals surface area contributed by atoms with Crippen LogP contribution in [0.3, 0.4) is 0 Å². The number of pyridine rings is 1. The molecule has 0 unspecified atom stereocenters. The zero-order chi connectivity index (χ0) is 9.31. The molecule has 0 N–H and O–H groups in total. The molecule has 1 aromatic heterocycles. The van der Waals surface area contributed by atoms with Crippen molar-refractivity contribution in [3.8, 4) is 6.07 Å². The zero-order valence-corrected chi connectivity index (χ0v) is 7.75. The van der Waals surface area contributed by atoms with Crippen LogP contribution in [0, 0.1) is 18.3 Å². The predicted octanol–water partition coefficient (Wildman–Crippen LogP) is 2.34. The van der Waals surface area contributed by atoms with Crippen molar-refractivity contribution >= 4 is 0 Å². The zero-order valence-electron chi connectivity index (χ0n) is 7.75. The van der Waals surface area contributed by atoms with Crippen molar-refractivity contribution in [3.63, 3.8) is 0 Å². The molecule has 1 fully saturated rings. The fraction of sp³-hybridized carbons (Fsp3) is 0.455. The normalized spacial score (nSPS) is 18.8. The maximum atomic E-state index is 9.12. The molecule has 0 spiro atoms. The van der Waals surface area contributed by atoms with Crippen molar-refractivity contribution in [2.45, 2.75) is 31.6 Å². The lowest BCUT2D eigenvalue weighted by Gasteiger charge is -2.35. The summed E-state index contributed by atoms with van der Waals surface area (Å²) >= 11 is 0. The Labute approximate surface area is 78.2 Å². The fourth-order valence-electron chi connectivity index (χ4n) is 1.92. The van der Waals surface area contributed by atoms with Crippen LogP contribution < -0.4 is 0 Å². The van der Waals surface area contributed by atoms with Crippen LogP contribution in [0.5, 0.6) is 0 Å². The lowest BCUT2D eigenvalue weighted by atomic mass is 9.66. The highest BCUT2D eigenvalue weighted by molar-refractivity contribution is 5.35. The minimum absolute atomic E-state index is 0.259. The molecular formula is C11H12N2. The Kier molecular flexibility index (Phi) is 1.81. The number of nitrogens with zero attached hydrogens (tertiary/aromatic N) is 2. The van der Waals surface area contributed by atoms with Gasteiger partial charge in [0.05, 0.1) is 17.2 Å². The molecule has 1 aromatic rings. The van der Waals surface area contributed by atoms with Gasteiger partial charge in [-0.05, 0) is 37.8 Å². The van der Waals surface area contributed by atoms with Gasteiger partial charge in [0.25, 0.3) is 0 Å². The van der Waals surface area contributed by atoms with Crippen LogP contribution in [0.4, 0.5) is 0 Å². The molecule has 0 radical (unpaired) electrons. The molecule has 2 nitrogen and oxygen atoms in total. The summed E-state index contributed by atoms with van der Waals surface area (Å²) in [6.45, 7) is 2.03. The quantitative estimate of drug-likeness (QED) is 0.652. The first-order valence-corrected chi connectivity index (χ1v) is 4.62. The molecule has 66 valence electrons. The molecule has 1 heterocycles. The first-order valence-electron chi connectivity index (χ1n) is 4.62. The summed E-state index contributed by atoms with van der Waals surface area (Å²) in [6, 6.07) is 6.36. The van der Waals surface area contributed by atoms with Gasteiger partial charge < -0.3 is 0 Å². The first kappa shape index (κ1) is 8.25. The molecule has 0 bridgehead atoms. The first-order chi connectivity index (χ1) is 6.28. The molecule has 2 rings (SSSR count). The van der Waals surface area contributed by atoms with E-state index in [2.05, 4.69) is 11.1 Å². The van der Waals surface area contributed by atoms with Crippen LogP contribution in [0.1, 0.15) is 30.5 Å². The third-order valence-corrected chi connectivity index (χ3v) is 2.88. The largest absolute Gasteiger partial charge is 0.259 e.